The van der Waals surface area contributed by atoms with Crippen molar-refractivity contribution >= 4 is 35.0 Å². The van der Waals surface area contributed by atoms with Crippen LogP contribution in [-0.2, 0) is 11.3 Å². The molecule has 1 amide bonds. The highest BCUT2D eigenvalue weighted by molar-refractivity contribution is 7.73. The summed E-state index contributed by atoms with van der Waals surface area (Å²) in [5.74, 6) is -0.321. The Balaban J connectivity index is 1.88. The number of amides is 1. The number of hydrogen-bond acceptors (Lipinski definition) is 4. The van der Waals surface area contributed by atoms with Gasteiger partial charge in [-0.25, -0.2) is 4.99 Å². The fourth-order valence-corrected chi connectivity index (χ4v) is 4.09. The number of aromatic hydroxyl groups is 1. The van der Waals surface area contributed by atoms with Gasteiger partial charge in [-0.2, -0.15) is 0 Å². The lowest BCUT2D eigenvalue weighted by molar-refractivity contribution is -0.112. The van der Waals surface area contributed by atoms with Crippen LogP contribution in [0.1, 0.15) is 10.4 Å². The zero-order valence-electron chi connectivity index (χ0n) is 12.5. The summed E-state index contributed by atoms with van der Waals surface area (Å²) >= 11 is 6.63. The maximum absolute atomic E-state index is 12.3. The highest BCUT2D eigenvalue weighted by Crippen LogP contribution is 2.33. The minimum absolute atomic E-state index is 0.0177. The lowest BCUT2D eigenvalue weighted by Gasteiger charge is -2.05. The topological polar surface area (TPSA) is 54.6 Å². The van der Waals surface area contributed by atoms with E-state index in [2.05, 4.69) is 4.99 Å². The van der Waals surface area contributed by atoms with Crippen LogP contribution in [0.15, 0.2) is 59.6 Å². The molecule has 118 valence electrons. The predicted molar refractivity (Wildman–Crippen MR) is 95.1 cm³/mol. The number of hydrogen-bond donors (Lipinski definition) is 1. The van der Waals surface area contributed by atoms with Crippen molar-refractivity contribution in [1.29, 1.82) is 0 Å². The first-order chi connectivity index (χ1) is 11.6. The van der Waals surface area contributed by atoms with Crippen LogP contribution in [0.4, 0.5) is 0 Å². The van der Waals surface area contributed by atoms with Gasteiger partial charge in [0, 0.05) is 5.22 Å². The number of benzene rings is 2. The number of thiazole rings is 1. The standard InChI is InChI=1S/C18H12N2O2S2/c21-16-14(12-8-4-5-9-13(12)19-16)15-17(22)20(18(23)24-15)10-11-6-2-1-3-7-11/h1-9,22H,10H2. The molecule has 1 aliphatic heterocycles. The fraction of sp³-hybridized carbons (Fsp3) is 0.0556. The molecule has 0 fully saturated rings. The number of nitrogens with zero attached hydrogens (tertiary/aromatic N) is 2. The van der Waals surface area contributed by atoms with E-state index in [-0.39, 0.29) is 11.8 Å². The molecule has 0 saturated carbocycles. The van der Waals surface area contributed by atoms with E-state index in [1.54, 1.807) is 10.6 Å². The molecule has 0 atom stereocenters. The van der Waals surface area contributed by atoms with E-state index in [1.807, 2.05) is 48.5 Å². The van der Waals surface area contributed by atoms with Gasteiger partial charge in [-0.15, -0.1) is 11.3 Å². The zero-order chi connectivity index (χ0) is 16.7. The largest absolute Gasteiger partial charge is 0.493 e. The Bertz CT molecular complexity index is 1130. The van der Waals surface area contributed by atoms with Crippen molar-refractivity contribution in [2.45, 2.75) is 6.54 Å². The number of aromatic nitrogens is 1. The second-order valence-electron chi connectivity index (χ2n) is 5.40. The Morgan fingerprint density at radius 1 is 1.08 bits per heavy atom. The van der Waals surface area contributed by atoms with Crippen LogP contribution in [0, 0.1) is 3.95 Å². The van der Waals surface area contributed by atoms with Crippen LogP contribution < -0.4 is 10.6 Å². The van der Waals surface area contributed by atoms with E-state index < -0.39 is 0 Å². The summed E-state index contributed by atoms with van der Waals surface area (Å²) in [6, 6.07) is 17.1. The van der Waals surface area contributed by atoms with Crippen LogP contribution >= 0.6 is 23.6 Å². The van der Waals surface area contributed by atoms with E-state index in [4.69, 9.17) is 12.2 Å². The zero-order valence-corrected chi connectivity index (χ0v) is 14.1. The van der Waals surface area contributed by atoms with E-state index >= 15 is 0 Å². The molecule has 1 N–H and O–H groups in total. The number of carbonyl (C=O) groups is 1. The molecule has 0 saturated heterocycles. The summed E-state index contributed by atoms with van der Waals surface area (Å²) in [4.78, 5) is 16.8. The van der Waals surface area contributed by atoms with E-state index in [9.17, 15) is 9.90 Å². The van der Waals surface area contributed by atoms with Crippen molar-refractivity contribution in [3.63, 3.8) is 0 Å². The van der Waals surface area contributed by atoms with Crippen molar-refractivity contribution in [1.82, 2.24) is 4.57 Å². The van der Waals surface area contributed by atoms with Gasteiger partial charge in [-0.1, -0.05) is 48.5 Å². The van der Waals surface area contributed by atoms with Crippen molar-refractivity contribution in [2.24, 2.45) is 4.99 Å². The molecule has 3 aromatic rings. The van der Waals surface area contributed by atoms with Crippen LogP contribution in [0.3, 0.4) is 0 Å². The first kappa shape index (κ1) is 15.0. The van der Waals surface area contributed by atoms with E-state index in [0.717, 1.165) is 10.8 Å². The monoisotopic (exact) mass is 352 g/mol. The summed E-state index contributed by atoms with van der Waals surface area (Å²) < 4.78 is 2.17. The summed E-state index contributed by atoms with van der Waals surface area (Å²) in [6.45, 7) is 0.461. The van der Waals surface area contributed by atoms with Crippen LogP contribution in [-0.4, -0.2) is 15.6 Å². The predicted octanol–water partition coefficient (Wildman–Crippen LogP) is 2.39. The molecule has 0 radical (unpaired) electrons. The Kier molecular flexibility index (Phi) is 3.63. The maximum Gasteiger partial charge on any atom is 0.279 e. The minimum Gasteiger partial charge on any atom is -0.493 e. The second-order valence-corrected chi connectivity index (χ2v) is 7.05. The Hall–Kier alpha value is -2.57. The Morgan fingerprint density at radius 2 is 1.79 bits per heavy atom. The molecule has 0 aliphatic carbocycles. The van der Waals surface area contributed by atoms with Crippen LogP contribution in [0.25, 0.3) is 5.57 Å². The van der Waals surface area contributed by atoms with Gasteiger partial charge in [-0.05, 0) is 23.8 Å². The Morgan fingerprint density at radius 3 is 2.58 bits per heavy atom. The number of fused-ring (bicyclic) bond motifs is 1. The molecule has 4 nitrogen and oxygen atoms in total. The van der Waals surface area contributed by atoms with Gasteiger partial charge >= 0.3 is 0 Å². The smallest absolute Gasteiger partial charge is 0.279 e. The first-order valence-electron chi connectivity index (χ1n) is 7.34. The average Bonchev–Trinajstić information content (AvgIpc) is 3.06. The number of carbonyl (C=O) groups excluding carboxylic acids is 1. The lowest BCUT2D eigenvalue weighted by Crippen LogP contribution is -2.22. The highest BCUT2D eigenvalue weighted by Gasteiger charge is 2.25. The third kappa shape index (κ3) is 2.40. The summed E-state index contributed by atoms with van der Waals surface area (Å²) in [5, 5.41) is 12.0. The molecule has 4 rings (SSSR count). The first-order valence-corrected chi connectivity index (χ1v) is 8.57. The SMILES string of the molecule is O=C1N=c2ccccc2=C1c1sc(=S)n(Cc2ccccc2)c1O. The van der Waals surface area contributed by atoms with Gasteiger partial charge in [0.1, 0.15) is 4.88 Å². The molecule has 6 heteroatoms. The maximum atomic E-state index is 12.3. The fourth-order valence-electron chi connectivity index (χ4n) is 2.75. The summed E-state index contributed by atoms with van der Waals surface area (Å²) in [6.07, 6.45) is 0. The second kappa shape index (κ2) is 5.81. The van der Waals surface area contributed by atoms with Gasteiger partial charge in [0.15, 0.2) is 3.95 Å². The minimum atomic E-state index is -0.338. The molecule has 2 aromatic carbocycles. The molecule has 24 heavy (non-hydrogen) atoms. The molecule has 0 spiro atoms. The third-order valence-corrected chi connectivity index (χ3v) is 5.34. The Labute approximate surface area is 146 Å². The van der Waals surface area contributed by atoms with Gasteiger partial charge in [0.05, 0.1) is 17.5 Å². The van der Waals surface area contributed by atoms with Crippen LogP contribution in [0.2, 0.25) is 0 Å². The molecule has 1 aromatic heterocycles. The van der Waals surface area contributed by atoms with Crippen molar-refractivity contribution in [2.75, 3.05) is 0 Å². The van der Waals surface area contributed by atoms with E-state index in [0.29, 0.717) is 26.3 Å². The molecule has 0 bridgehead atoms. The summed E-state index contributed by atoms with van der Waals surface area (Å²) in [7, 11) is 0. The molecule has 2 heterocycles. The van der Waals surface area contributed by atoms with E-state index in [1.165, 1.54) is 11.3 Å². The van der Waals surface area contributed by atoms with Crippen molar-refractivity contribution in [3.05, 3.63) is 79.6 Å². The highest BCUT2D eigenvalue weighted by atomic mass is 32.1. The lowest BCUT2D eigenvalue weighted by atomic mass is 10.1. The van der Waals surface area contributed by atoms with Crippen molar-refractivity contribution < 1.29 is 9.90 Å². The summed E-state index contributed by atoms with van der Waals surface area (Å²) in [5.41, 5.74) is 1.45. The normalized spacial score (nSPS) is 13.0. The molecule has 0 unspecified atom stereocenters. The number of para-hydroxylation sites is 1. The van der Waals surface area contributed by atoms with Gasteiger partial charge in [0.2, 0.25) is 5.88 Å². The molecular weight excluding hydrogens is 340 g/mol. The molecular formula is C18H12N2O2S2. The third-order valence-electron chi connectivity index (χ3n) is 3.89. The molecule has 1 aliphatic rings. The number of rotatable bonds is 3. The van der Waals surface area contributed by atoms with Gasteiger partial charge in [-0.3, -0.25) is 9.36 Å². The van der Waals surface area contributed by atoms with Gasteiger partial charge in [0.25, 0.3) is 5.91 Å². The van der Waals surface area contributed by atoms with Crippen molar-refractivity contribution in [3.8, 4) is 5.88 Å². The quantitative estimate of drug-likeness (QED) is 0.737. The average molecular weight is 352 g/mol. The van der Waals surface area contributed by atoms with Crippen LogP contribution in [0.5, 0.6) is 5.88 Å². The van der Waals surface area contributed by atoms with Gasteiger partial charge < -0.3 is 5.11 Å².